The van der Waals surface area contributed by atoms with Gasteiger partial charge < -0.3 is 10.2 Å². The lowest BCUT2D eigenvalue weighted by molar-refractivity contribution is -0.135. The second-order valence-corrected chi connectivity index (χ2v) is 8.49. The van der Waals surface area contributed by atoms with Gasteiger partial charge in [0.1, 0.15) is 11.5 Å². The largest absolute Gasteiger partial charge is 0.342 e. The van der Waals surface area contributed by atoms with Crippen LogP contribution in [0.25, 0.3) is 22.2 Å². The van der Waals surface area contributed by atoms with Gasteiger partial charge in [0.25, 0.3) is 5.91 Å². The summed E-state index contributed by atoms with van der Waals surface area (Å²) in [5.74, 6) is 0.676. The lowest BCUT2D eigenvalue weighted by Crippen LogP contribution is -2.50. The molecule has 0 aliphatic carbocycles. The van der Waals surface area contributed by atoms with Gasteiger partial charge in [0.15, 0.2) is 0 Å². The molecule has 166 valence electrons. The molecule has 0 radical (unpaired) electrons. The molecule has 33 heavy (non-hydrogen) atoms. The van der Waals surface area contributed by atoms with Crippen LogP contribution in [0.15, 0.2) is 61.1 Å². The number of halogens is 1. The Kier molecular flexibility index (Phi) is 5.51. The molecule has 1 aromatic carbocycles. The number of carbonyl (C=O) groups excluding carboxylic acids is 2. The maximum atomic E-state index is 12.5. The van der Waals surface area contributed by atoms with Crippen LogP contribution in [-0.4, -0.2) is 49.6 Å². The monoisotopic (exact) mass is 460 g/mol. The zero-order valence-corrected chi connectivity index (χ0v) is 18.7. The van der Waals surface area contributed by atoms with Gasteiger partial charge in [-0.1, -0.05) is 29.8 Å². The second-order valence-electron chi connectivity index (χ2n) is 8.08. The van der Waals surface area contributed by atoms with Gasteiger partial charge in [-0.05, 0) is 24.3 Å². The lowest BCUT2D eigenvalue weighted by Gasteiger charge is -2.38. The molecule has 4 heterocycles. The van der Waals surface area contributed by atoms with E-state index in [0.717, 1.165) is 35.2 Å². The van der Waals surface area contributed by atoms with E-state index >= 15 is 0 Å². The Balaban J connectivity index is 1.41. The zero-order chi connectivity index (χ0) is 22.9. The van der Waals surface area contributed by atoms with Crippen molar-refractivity contribution in [3.63, 3.8) is 0 Å². The summed E-state index contributed by atoms with van der Waals surface area (Å²) >= 11 is 6.48. The highest BCUT2D eigenvalue weighted by Crippen LogP contribution is 2.33. The molecule has 4 aromatic rings. The number of carbonyl (C=O) groups is 2. The Labute approximate surface area is 195 Å². The summed E-state index contributed by atoms with van der Waals surface area (Å²) in [6.45, 7) is 3.68. The molecule has 2 amide bonds. The molecular weight excluding hydrogens is 440 g/mol. The van der Waals surface area contributed by atoms with E-state index in [4.69, 9.17) is 16.7 Å². The maximum Gasteiger partial charge on any atom is 0.256 e. The fourth-order valence-electron chi connectivity index (χ4n) is 4.03. The van der Waals surface area contributed by atoms with Crippen LogP contribution in [-0.2, 0) is 11.3 Å². The van der Waals surface area contributed by atoms with Crippen molar-refractivity contribution in [1.82, 2.24) is 24.6 Å². The fourth-order valence-corrected chi connectivity index (χ4v) is 4.28. The van der Waals surface area contributed by atoms with Crippen molar-refractivity contribution in [3.8, 4) is 11.3 Å². The Bertz CT molecular complexity index is 1330. The van der Waals surface area contributed by atoms with Gasteiger partial charge in [-0.2, -0.15) is 5.10 Å². The number of aromatic nitrogens is 4. The van der Waals surface area contributed by atoms with Gasteiger partial charge in [-0.25, -0.2) is 4.98 Å². The van der Waals surface area contributed by atoms with Crippen molar-refractivity contribution < 1.29 is 9.59 Å². The van der Waals surface area contributed by atoms with Crippen LogP contribution in [0, 0.1) is 5.92 Å². The smallest absolute Gasteiger partial charge is 0.256 e. The minimum absolute atomic E-state index is 0.0895. The van der Waals surface area contributed by atoms with Crippen molar-refractivity contribution in [1.29, 1.82) is 0 Å². The van der Waals surface area contributed by atoms with Crippen molar-refractivity contribution in [2.75, 3.05) is 18.4 Å². The van der Waals surface area contributed by atoms with E-state index in [2.05, 4.69) is 15.3 Å². The first-order valence-corrected chi connectivity index (χ1v) is 11.0. The van der Waals surface area contributed by atoms with E-state index in [0.29, 0.717) is 28.9 Å². The van der Waals surface area contributed by atoms with Gasteiger partial charge in [0.05, 0.1) is 10.5 Å². The topological polar surface area (TPSA) is 93.0 Å². The first kappa shape index (κ1) is 21.1. The SMILES string of the molecule is CC(=O)N1CC(Cn2nc(-c3ccc(C(=O)Nc4ccccn4)cc3)c3cncc(Cl)c32)C1. The number of nitrogens with zero attached hydrogens (tertiary/aromatic N) is 5. The molecule has 1 saturated heterocycles. The standard InChI is InChI=1S/C24H21ClN6O2/c1-15(32)30-12-16(13-30)14-31-23-19(10-26-11-20(23)25)22(29-31)17-5-7-18(8-6-17)24(33)28-21-4-2-3-9-27-21/h2-11,16H,12-14H2,1H3,(H,27,28,33). The summed E-state index contributed by atoms with van der Waals surface area (Å²) in [5.41, 5.74) is 2.94. The number of likely N-dealkylation sites (tertiary alicyclic amines) is 1. The Hall–Kier alpha value is -3.78. The van der Waals surface area contributed by atoms with Crippen molar-refractivity contribution in [2.24, 2.45) is 5.92 Å². The molecule has 3 aromatic heterocycles. The molecule has 8 nitrogen and oxygen atoms in total. The Morgan fingerprint density at radius 3 is 2.61 bits per heavy atom. The van der Waals surface area contributed by atoms with E-state index in [-0.39, 0.29) is 11.8 Å². The average Bonchev–Trinajstić information content (AvgIpc) is 3.16. The third kappa shape index (κ3) is 4.17. The minimum atomic E-state index is -0.236. The van der Waals surface area contributed by atoms with Crippen LogP contribution in [0.4, 0.5) is 5.82 Å². The molecule has 5 rings (SSSR count). The predicted octanol–water partition coefficient (Wildman–Crippen LogP) is 3.88. The fraction of sp³-hybridized carbons (Fsp3) is 0.208. The number of hydrogen-bond donors (Lipinski definition) is 1. The second kappa shape index (κ2) is 8.63. The van der Waals surface area contributed by atoms with Crippen molar-refractivity contribution >= 4 is 40.1 Å². The van der Waals surface area contributed by atoms with E-state index in [1.54, 1.807) is 49.8 Å². The van der Waals surface area contributed by atoms with Gasteiger partial charge in [0, 0.05) is 67.6 Å². The van der Waals surface area contributed by atoms with E-state index in [1.165, 1.54) is 0 Å². The highest BCUT2D eigenvalue weighted by atomic mass is 35.5. The molecule has 0 bridgehead atoms. The van der Waals surface area contributed by atoms with Crippen LogP contribution in [0.3, 0.4) is 0 Å². The number of nitrogens with one attached hydrogen (secondary N) is 1. The normalized spacial score (nSPS) is 13.7. The quantitative estimate of drug-likeness (QED) is 0.488. The number of rotatable bonds is 5. The first-order valence-electron chi connectivity index (χ1n) is 10.6. The summed E-state index contributed by atoms with van der Waals surface area (Å²) in [6.07, 6.45) is 4.99. The van der Waals surface area contributed by atoms with Gasteiger partial charge in [-0.3, -0.25) is 19.3 Å². The molecular formula is C24H21ClN6O2. The molecule has 0 spiro atoms. The summed E-state index contributed by atoms with van der Waals surface area (Å²) in [7, 11) is 0. The summed E-state index contributed by atoms with van der Waals surface area (Å²) in [6, 6.07) is 12.6. The molecule has 0 unspecified atom stereocenters. The molecule has 0 saturated carbocycles. The van der Waals surface area contributed by atoms with Gasteiger partial charge in [0.2, 0.25) is 5.91 Å². The van der Waals surface area contributed by atoms with Crippen molar-refractivity contribution in [2.45, 2.75) is 13.5 Å². The highest BCUT2D eigenvalue weighted by Gasteiger charge is 2.30. The van der Waals surface area contributed by atoms with Crippen LogP contribution in [0.5, 0.6) is 0 Å². The third-order valence-electron chi connectivity index (χ3n) is 5.77. The number of pyridine rings is 2. The lowest BCUT2D eigenvalue weighted by atomic mass is 10.0. The molecule has 1 aliphatic heterocycles. The average molecular weight is 461 g/mol. The van der Waals surface area contributed by atoms with Crippen molar-refractivity contribution in [3.05, 3.63) is 71.6 Å². The van der Waals surface area contributed by atoms with E-state index in [1.807, 2.05) is 27.8 Å². The van der Waals surface area contributed by atoms with Crippen LogP contribution >= 0.6 is 11.6 Å². The maximum absolute atomic E-state index is 12.5. The summed E-state index contributed by atoms with van der Waals surface area (Å²) < 4.78 is 1.90. The Morgan fingerprint density at radius 1 is 1.12 bits per heavy atom. The molecule has 9 heteroatoms. The van der Waals surface area contributed by atoms with Gasteiger partial charge >= 0.3 is 0 Å². The van der Waals surface area contributed by atoms with Crippen LogP contribution in [0.1, 0.15) is 17.3 Å². The molecule has 1 N–H and O–H groups in total. The number of hydrogen-bond acceptors (Lipinski definition) is 5. The highest BCUT2D eigenvalue weighted by molar-refractivity contribution is 6.35. The number of anilines is 1. The van der Waals surface area contributed by atoms with E-state index < -0.39 is 0 Å². The number of benzene rings is 1. The van der Waals surface area contributed by atoms with Gasteiger partial charge in [-0.15, -0.1) is 0 Å². The Morgan fingerprint density at radius 2 is 1.91 bits per heavy atom. The zero-order valence-electron chi connectivity index (χ0n) is 17.9. The minimum Gasteiger partial charge on any atom is -0.342 e. The predicted molar refractivity (Wildman–Crippen MR) is 126 cm³/mol. The first-order chi connectivity index (χ1) is 16.0. The molecule has 1 aliphatic rings. The van der Waals surface area contributed by atoms with Crippen LogP contribution in [0.2, 0.25) is 5.02 Å². The number of amides is 2. The van der Waals surface area contributed by atoms with E-state index in [9.17, 15) is 9.59 Å². The number of fused-ring (bicyclic) bond motifs is 1. The summed E-state index contributed by atoms with van der Waals surface area (Å²) in [5, 5.41) is 8.98. The third-order valence-corrected chi connectivity index (χ3v) is 6.04. The molecule has 1 fully saturated rings. The summed E-state index contributed by atoms with van der Waals surface area (Å²) in [4.78, 5) is 34.2. The van der Waals surface area contributed by atoms with Crippen LogP contribution < -0.4 is 5.32 Å². The molecule has 0 atom stereocenters.